The quantitative estimate of drug-likeness (QED) is 0.779. The molecule has 1 atom stereocenters. The molecule has 1 unspecified atom stereocenters. The van der Waals surface area contributed by atoms with Crippen molar-refractivity contribution in [3.8, 4) is 0 Å². The maximum Gasteiger partial charge on any atom is 0.490 e. The van der Waals surface area contributed by atoms with E-state index in [1.165, 1.54) is 0 Å². The molecule has 0 aromatic heterocycles. The Balaban J connectivity index is 0.000000441. The zero-order chi connectivity index (χ0) is 15.8. The molecule has 0 fully saturated rings. The number of amides is 1. The van der Waals surface area contributed by atoms with Crippen molar-refractivity contribution >= 4 is 12.1 Å². The molecule has 5 N–H and O–H groups in total. The molecular weight excluding hydrogens is 281 g/mol. The van der Waals surface area contributed by atoms with Gasteiger partial charge in [-0.05, 0) is 5.56 Å². The Labute approximate surface area is 112 Å². The first-order valence-corrected chi connectivity index (χ1v) is 5.17. The number of carboxylic acid groups (broad SMARTS) is 1. The fourth-order valence-corrected chi connectivity index (χ4v) is 0.968. The Morgan fingerprint density at radius 1 is 1.25 bits per heavy atom. The summed E-state index contributed by atoms with van der Waals surface area (Å²) in [5.74, 6) is -2.76. The topological polar surface area (TPSA) is 116 Å². The third-order valence-corrected chi connectivity index (χ3v) is 1.88. The van der Waals surface area contributed by atoms with Gasteiger partial charge in [0.2, 0.25) is 0 Å². The summed E-state index contributed by atoms with van der Waals surface area (Å²) in [4.78, 5) is 19.2. The summed E-state index contributed by atoms with van der Waals surface area (Å²) in [5.41, 5.74) is 11.4. The van der Waals surface area contributed by atoms with E-state index in [0.717, 1.165) is 5.56 Å². The Bertz CT molecular complexity index is 437. The summed E-state index contributed by atoms with van der Waals surface area (Å²) >= 11 is 0. The molecule has 6 nitrogen and oxygen atoms in total. The van der Waals surface area contributed by atoms with Crippen molar-refractivity contribution < 1.29 is 32.6 Å². The van der Waals surface area contributed by atoms with E-state index in [1.54, 1.807) is 0 Å². The van der Waals surface area contributed by atoms with Gasteiger partial charge in [-0.25, -0.2) is 9.59 Å². The first-order valence-electron chi connectivity index (χ1n) is 5.17. The van der Waals surface area contributed by atoms with Gasteiger partial charge in [0.25, 0.3) is 0 Å². The van der Waals surface area contributed by atoms with Crippen molar-refractivity contribution in [3.05, 3.63) is 35.9 Å². The second kappa shape index (κ2) is 8.00. The van der Waals surface area contributed by atoms with E-state index in [-0.39, 0.29) is 12.6 Å². The van der Waals surface area contributed by atoms with Crippen molar-refractivity contribution in [3.63, 3.8) is 0 Å². The predicted octanol–water partition coefficient (Wildman–Crippen LogP) is 1.42. The van der Waals surface area contributed by atoms with Crippen LogP contribution in [0, 0.1) is 0 Å². The SMILES string of the molecule is NC(=O)OCC(N)c1ccccc1.O=C(O)C(F)(F)F. The highest BCUT2D eigenvalue weighted by molar-refractivity contribution is 5.73. The normalized spacial score (nSPS) is 11.8. The lowest BCUT2D eigenvalue weighted by Crippen LogP contribution is -2.22. The third-order valence-electron chi connectivity index (χ3n) is 1.88. The molecule has 0 radical (unpaired) electrons. The summed E-state index contributed by atoms with van der Waals surface area (Å²) in [6.07, 6.45) is -5.88. The lowest BCUT2D eigenvalue weighted by molar-refractivity contribution is -0.192. The maximum absolute atomic E-state index is 10.6. The fourth-order valence-electron chi connectivity index (χ4n) is 0.968. The molecule has 9 heteroatoms. The van der Waals surface area contributed by atoms with Crippen LogP contribution in [-0.2, 0) is 9.53 Å². The van der Waals surface area contributed by atoms with Crippen LogP contribution in [0.4, 0.5) is 18.0 Å². The van der Waals surface area contributed by atoms with Crippen LogP contribution in [-0.4, -0.2) is 30.0 Å². The number of carbonyl (C=O) groups excluding carboxylic acids is 1. The van der Waals surface area contributed by atoms with Crippen LogP contribution in [0.1, 0.15) is 11.6 Å². The van der Waals surface area contributed by atoms with E-state index in [4.69, 9.17) is 21.4 Å². The van der Waals surface area contributed by atoms with Gasteiger partial charge in [-0.1, -0.05) is 30.3 Å². The molecule has 0 spiro atoms. The van der Waals surface area contributed by atoms with Crippen LogP contribution in [0.2, 0.25) is 0 Å². The van der Waals surface area contributed by atoms with Gasteiger partial charge in [0, 0.05) is 0 Å². The van der Waals surface area contributed by atoms with Crippen molar-refractivity contribution in [2.24, 2.45) is 11.5 Å². The fraction of sp³-hybridized carbons (Fsp3) is 0.273. The second-order valence-electron chi connectivity index (χ2n) is 3.45. The zero-order valence-electron chi connectivity index (χ0n) is 10.1. The first kappa shape index (κ1) is 17.7. The number of benzene rings is 1. The number of hydrogen-bond donors (Lipinski definition) is 3. The van der Waals surface area contributed by atoms with Crippen LogP contribution < -0.4 is 11.5 Å². The largest absolute Gasteiger partial charge is 0.490 e. The molecule has 0 saturated carbocycles. The molecule has 0 heterocycles. The smallest absolute Gasteiger partial charge is 0.475 e. The number of hydrogen-bond acceptors (Lipinski definition) is 4. The van der Waals surface area contributed by atoms with Crippen LogP contribution >= 0.6 is 0 Å². The van der Waals surface area contributed by atoms with Gasteiger partial charge in [0.1, 0.15) is 6.61 Å². The Kier molecular flexibility index (Phi) is 7.08. The zero-order valence-corrected chi connectivity index (χ0v) is 10.1. The molecule has 1 aromatic carbocycles. The number of primary amides is 1. The predicted molar refractivity (Wildman–Crippen MR) is 62.6 cm³/mol. The van der Waals surface area contributed by atoms with E-state index < -0.39 is 18.2 Å². The van der Waals surface area contributed by atoms with Crippen molar-refractivity contribution in [2.45, 2.75) is 12.2 Å². The number of halogens is 3. The summed E-state index contributed by atoms with van der Waals surface area (Å²) < 4.78 is 36.3. The molecule has 112 valence electrons. The van der Waals surface area contributed by atoms with Gasteiger partial charge >= 0.3 is 18.2 Å². The van der Waals surface area contributed by atoms with Gasteiger partial charge in [-0.2, -0.15) is 13.2 Å². The van der Waals surface area contributed by atoms with Crippen LogP contribution in [0.3, 0.4) is 0 Å². The molecule has 0 bridgehead atoms. The standard InChI is InChI=1S/C9H12N2O2.C2HF3O2/c10-8(6-13-9(11)12)7-4-2-1-3-5-7;3-2(4,5)1(6)7/h1-5,8H,6,10H2,(H2,11,12);(H,6,7). The number of carbonyl (C=O) groups is 2. The number of ether oxygens (including phenoxy) is 1. The number of rotatable bonds is 3. The monoisotopic (exact) mass is 294 g/mol. The second-order valence-corrected chi connectivity index (χ2v) is 3.45. The molecule has 1 aromatic rings. The van der Waals surface area contributed by atoms with Crippen molar-refractivity contribution in [1.82, 2.24) is 0 Å². The van der Waals surface area contributed by atoms with Crippen LogP contribution in [0.5, 0.6) is 0 Å². The van der Waals surface area contributed by atoms with Crippen molar-refractivity contribution in [1.29, 1.82) is 0 Å². The summed E-state index contributed by atoms with van der Waals surface area (Å²) in [7, 11) is 0. The minimum Gasteiger partial charge on any atom is -0.475 e. The van der Waals surface area contributed by atoms with E-state index in [9.17, 15) is 18.0 Å². The van der Waals surface area contributed by atoms with Gasteiger partial charge < -0.3 is 21.3 Å². The summed E-state index contributed by atoms with van der Waals surface area (Å²) in [6.45, 7) is 0.110. The highest BCUT2D eigenvalue weighted by Gasteiger charge is 2.38. The molecule has 1 rings (SSSR count). The van der Waals surface area contributed by atoms with Gasteiger partial charge in [0.05, 0.1) is 6.04 Å². The molecule has 0 aliphatic heterocycles. The minimum absolute atomic E-state index is 0.110. The number of nitrogens with two attached hydrogens (primary N) is 2. The van der Waals surface area contributed by atoms with E-state index in [0.29, 0.717) is 0 Å². The Hall–Kier alpha value is -2.29. The van der Waals surface area contributed by atoms with Crippen LogP contribution in [0.25, 0.3) is 0 Å². The number of alkyl halides is 3. The average molecular weight is 294 g/mol. The molecular formula is C11H13F3N2O4. The number of aliphatic carboxylic acids is 1. The minimum atomic E-state index is -5.08. The summed E-state index contributed by atoms with van der Waals surface area (Å²) in [6, 6.07) is 9.07. The molecule has 0 aliphatic rings. The Morgan fingerprint density at radius 2 is 1.70 bits per heavy atom. The molecule has 0 saturated heterocycles. The highest BCUT2D eigenvalue weighted by atomic mass is 19.4. The van der Waals surface area contributed by atoms with E-state index in [1.807, 2.05) is 30.3 Å². The van der Waals surface area contributed by atoms with Crippen molar-refractivity contribution in [2.75, 3.05) is 6.61 Å². The highest BCUT2D eigenvalue weighted by Crippen LogP contribution is 2.13. The lowest BCUT2D eigenvalue weighted by atomic mass is 10.1. The van der Waals surface area contributed by atoms with Gasteiger partial charge in [0.15, 0.2) is 0 Å². The summed E-state index contributed by atoms with van der Waals surface area (Å²) in [5, 5.41) is 7.12. The first-order chi connectivity index (χ1) is 9.14. The third kappa shape index (κ3) is 7.93. The lowest BCUT2D eigenvalue weighted by Gasteiger charge is -2.10. The van der Waals surface area contributed by atoms with Gasteiger partial charge in [-0.3, -0.25) is 0 Å². The number of carboxylic acids is 1. The Morgan fingerprint density at radius 3 is 2.05 bits per heavy atom. The van der Waals surface area contributed by atoms with E-state index >= 15 is 0 Å². The van der Waals surface area contributed by atoms with Gasteiger partial charge in [-0.15, -0.1) is 0 Å². The average Bonchev–Trinajstić information content (AvgIpc) is 2.36. The van der Waals surface area contributed by atoms with E-state index in [2.05, 4.69) is 4.74 Å². The molecule has 1 amide bonds. The molecule has 0 aliphatic carbocycles. The maximum atomic E-state index is 10.6. The molecule has 20 heavy (non-hydrogen) atoms. The van der Waals surface area contributed by atoms with Crippen LogP contribution in [0.15, 0.2) is 30.3 Å².